The average Bonchev–Trinajstić information content (AvgIpc) is 2.42. The van der Waals surface area contributed by atoms with E-state index in [1.165, 1.54) is 6.07 Å². The first-order valence-corrected chi connectivity index (χ1v) is 8.02. The van der Waals surface area contributed by atoms with E-state index in [0.717, 1.165) is 5.56 Å². The SMILES string of the molecule is COc1ccc(Cl)cc1C(Br)c1cc(Cl)c(Br)cc1F. The monoisotopic (exact) mass is 440 g/mol. The van der Waals surface area contributed by atoms with E-state index in [2.05, 4.69) is 31.9 Å². The molecule has 106 valence electrons. The molecule has 0 fully saturated rings. The van der Waals surface area contributed by atoms with E-state index < -0.39 is 4.83 Å². The van der Waals surface area contributed by atoms with Gasteiger partial charge in [0.05, 0.1) is 17.0 Å². The molecule has 1 nitrogen and oxygen atoms in total. The maximum Gasteiger partial charge on any atom is 0.129 e. The van der Waals surface area contributed by atoms with Gasteiger partial charge in [-0.3, -0.25) is 0 Å². The Hall–Kier alpha value is -0.290. The smallest absolute Gasteiger partial charge is 0.129 e. The Balaban J connectivity index is 2.54. The maximum absolute atomic E-state index is 14.1. The van der Waals surface area contributed by atoms with E-state index in [1.807, 2.05) is 0 Å². The lowest BCUT2D eigenvalue weighted by Crippen LogP contribution is -2.00. The molecule has 0 N–H and O–H groups in total. The van der Waals surface area contributed by atoms with Crippen molar-refractivity contribution in [1.82, 2.24) is 0 Å². The minimum atomic E-state index is -0.415. The molecule has 0 radical (unpaired) electrons. The molecule has 6 heteroatoms. The van der Waals surface area contributed by atoms with Gasteiger partial charge in [-0.1, -0.05) is 39.1 Å². The van der Waals surface area contributed by atoms with Crippen molar-refractivity contribution in [1.29, 1.82) is 0 Å². The Morgan fingerprint density at radius 1 is 1.15 bits per heavy atom. The highest BCUT2D eigenvalue weighted by Crippen LogP contribution is 2.40. The lowest BCUT2D eigenvalue weighted by molar-refractivity contribution is 0.410. The number of alkyl halides is 1. The van der Waals surface area contributed by atoms with Gasteiger partial charge in [-0.2, -0.15) is 0 Å². The molecule has 0 heterocycles. The Morgan fingerprint density at radius 3 is 2.50 bits per heavy atom. The Labute approximate surface area is 143 Å². The highest BCUT2D eigenvalue weighted by atomic mass is 79.9. The Morgan fingerprint density at radius 2 is 1.85 bits per heavy atom. The number of hydrogen-bond acceptors (Lipinski definition) is 1. The fraction of sp³-hybridized carbons (Fsp3) is 0.143. The molecule has 0 aliphatic rings. The first-order valence-electron chi connectivity index (χ1n) is 5.56. The number of ether oxygens (including phenoxy) is 1. The number of hydrogen-bond donors (Lipinski definition) is 0. The van der Waals surface area contributed by atoms with Crippen LogP contribution < -0.4 is 4.74 Å². The van der Waals surface area contributed by atoms with Crippen LogP contribution in [0.15, 0.2) is 34.8 Å². The Bertz CT molecular complexity index is 649. The van der Waals surface area contributed by atoms with Crippen LogP contribution in [-0.4, -0.2) is 7.11 Å². The Kier molecular flexibility index (Phi) is 5.35. The summed E-state index contributed by atoms with van der Waals surface area (Å²) in [5, 5.41) is 0.987. The third-order valence-electron chi connectivity index (χ3n) is 2.78. The van der Waals surface area contributed by atoms with Gasteiger partial charge in [0.2, 0.25) is 0 Å². The fourth-order valence-corrected chi connectivity index (χ4v) is 3.18. The summed E-state index contributed by atoms with van der Waals surface area (Å²) < 4.78 is 19.9. The highest BCUT2D eigenvalue weighted by Gasteiger charge is 2.20. The van der Waals surface area contributed by atoms with E-state index in [-0.39, 0.29) is 5.82 Å². The van der Waals surface area contributed by atoms with E-state index >= 15 is 0 Å². The first kappa shape index (κ1) is 16.1. The summed E-state index contributed by atoms with van der Waals surface area (Å²) in [5.41, 5.74) is 1.15. The second kappa shape index (κ2) is 6.65. The van der Waals surface area contributed by atoms with E-state index in [4.69, 9.17) is 27.9 Å². The normalized spacial score (nSPS) is 12.3. The van der Waals surface area contributed by atoms with Crippen molar-refractivity contribution < 1.29 is 9.13 Å². The van der Waals surface area contributed by atoms with Gasteiger partial charge in [0.15, 0.2) is 0 Å². The maximum atomic E-state index is 14.1. The summed E-state index contributed by atoms with van der Waals surface area (Å²) in [4.78, 5) is -0.415. The van der Waals surface area contributed by atoms with Gasteiger partial charge in [0.1, 0.15) is 11.6 Å². The quantitative estimate of drug-likeness (QED) is 0.395. The van der Waals surface area contributed by atoms with Crippen molar-refractivity contribution in [3.05, 3.63) is 61.8 Å². The lowest BCUT2D eigenvalue weighted by atomic mass is 10.0. The largest absolute Gasteiger partial charge is 0.496 e. The van der Waals surface area contributed by atoms with E-state index in [1.54, 1.807) is 31.4 Å². The number of rotatable bonds is 3. The molecule has 0 aromatic heterocycles. The van der Waals surface area contributed by atoms with Gasteiger partial charge in [0.25, 0.3) is 0 Å². The molecule has 2 rings (SSSR count). The van der Waals surface area contributed by atoms with Crippen LogP contribution in [-0.2, 0) is 0 Å². The molecule has 0 saturated heterocycles. The minimum absolute atomic E-state index is 0.370. The van der Waals surface area contributed by atoms with Crippen LogP contribution in [0.5, 0.6) is 5.75 Å². The third kappa shape index (κ3) is 3.30. The summed E-state index contributed by atoms with van der Waals surface area (Å²) >= 11 is 18.7. The molecule has 0 saturated carbocycles. The molecule has 2 aromatic rings. The van der Waals surface area contributed by atoms with Crippen molar-refractivity contribution in [3.8, 4) is 5.75 Å². The van der Waals surface area contributed by atoms with Gasteiger partial charge in [-0.05, 0) is 46.3 Å². The number of halogens is 5. The molecule has 2 aromatic carbocycles. The van der Waals surface area contributed by atoms with Gasteiger partial charge in [0, 0.05) is 20.6 Å². The van der Waals surface area contributed by atoms with Crippen LogP contribution in [0.1, 0.15) is 16.0 Å². The number of methoxy groups -OCH3 is 1. The topological polar surface area (TPSA) is 9.23 Å². The highest BCUT2D eigenvalue weighted by molar-refractivity contribution is 9.10. The van der Waals surface area contributed by atoms with Crippen LogP contribution in [0.4, 0.5) is 4.39 Å². The second-order valence-electron chi connectivity index (χ2n) is 4.04. The predicted octanol–water partition coefficient (Wildman–Crippen LogP) is 6.39. The molecule has 0 aliphatic heterocycles. The van der Waals surface area contributed by atoms with Crippen molar-refractivity contribution in [3.63, 3.8) is 0 Å². The fourth-order valence-electron chi connectivity index (χ4n) is 1.80. The van der Waals surface area contributed by atoms with E-state index in [9.17, 15) is 4.39 Å². The number of benzene rings is 2. The zero-order valence-corrected chi connectivity index (χ0v) is 14.9. The minimum Gasteiger partial charge on any atom is -0.496 e. The molecule has 0 spiro atoms. The van der Waals surface area contributed by atoms with E-state index in [0.29, 0.717) is 25.8 Å². The van der Waals surface area contributed by atoms with Gasteiger partial charge in [-0.15, -0.1) is 0 Å². The van der Waals surface area contributed by atoms with Crippen LogP contribution in [0.25, 0.3) is 0 Å². The summed E-state index contributed by atoms with van der Waals surface area (Å²) in [6.07, 6.45) is 0. The second-order valence-corrected chi connectivity index (χ2v) is 6.65. The van der Waals surface area contributed by atoms with Crippen molar-refractivity contribution in [2.75, 3.05) is 7.11 Å². The average molecular weight is 443 g/mol. The summed E-state index contributed by atoms with van der Waals surface area (Å²) in [6, 6.07) is 8.09. The van der Waals surface area contributed by atoms with Gasteiger partial charge >= 0.3 is 0 Å². The van der Waals surface area contributed by atoms with Crippen LogP contribution in [0.2, 0.25) is 10.0 Å². The summed E-state index contributed by atoms with van der Waals surface area (Å²) in [5.74, 6) is 0.250. The van der Waals surface area contributed by atoms with Gasteiger partial charge in [-0.25, -0.2) is 4.39 Å². The molecular formula is C14H9Br2Cl2FO. The zero-order chi connectivity index (χ0) is 14.9. The molecule has 1 atom stereocenters. The standard InChI is InChI=1S/C14H9Br2Cl2FO/c1-20-13-3-2-7(17)4-9(13)14(16)8-5-11(18)10(15)6-12(8)19/h2-6,14H,1H3. The molecule has 0 amide bonds. The third-order valence-corrected chi connectivity index (χ3v) is 5.20. The molecular weight excluding hydrogens is 434 g/mol. The van der Waals surface area contributed by atoms with Crippen LogP contribution in [0, 0.1) is 5.82 Å². The van der Waals surface area contributed by atoms with Crippen LogP contribution in [0.3, 0.4) is 0 Å². The summed E-state index contributed by atoms with van der Waals surface area (Å²) in [6.45, 7) is 0. The van der Waals surface area contributed by atoms with Gasteiger partial charge < -0.3 is 4.74 Å². The summed E-state index contributed by atoms with van der Waals surface area (Å²) in [7, 11) is 1.55. The van der Waals surface area contributed by atoms with Crippen LogP contribution >= 0.6 is 55.1 Å². The van der Waals surface area contributed by atoms with Crippen molar-refractivity contribution >= 4 is 55.1 Å². The first-order chi connectivity index (χ1) is 9.43. The molecule has 0 aliphatic carbocycles. The molecule has 1 unspecified atom stereocenters. The van der Waals surface area contributed by atoms with Crippen molar-refractivity contribution in [2.45, 2.75) is 4.83 Å². The predicted molar refractivity (Wildman–Crippen MR) is 87.9 cm³/mol. The molecule has 0 bridgehead atoms. The zero-order valence-electron chi connectivity index (χ0n) is 10.3. The molecule has 20 heavy (non-hydrogen) atoms. The lowest BCUT2D eigenvalue weighted by Gasteiger charge is -2.16. The van der Waals surface area contributed by atoms with Crippen molar-refractivity contribution in [2.24, 2.45) is 0 Å².